The molecule has 5 unspecified atom stereocenters. The van der Waals surface area contributed by atoms with Crippen molar-refractivity contribution < 1.29 is 23.7 Å². The van der Waals surface area contributed by atoms with Crippen molar-refractivity contribution in [2.75, 3.05) is 13.7 Å². The van der Waals surface area contributed by atoms with Crippen LogP contribution in [0.4, 0.5) is 0 Å². The predicted octanol–water partition coefficient (Wildman–Crippen LogP) is 5.42. The predicted molar refractivity (Wildman–Crippen MR) is 135 cm³/mol. The molecule has 188 valence electrons. The van der Waals surface area contributed by atoms with Crippen molar-refractivity contribution in [1.82, 2.24) is 0 Å². The summed E-state index contributed by atoms with van der Waals surface area (Å²) in [6, 6.07) is 29.7. The van der Waals surface area contributed by atoms with Crippen LogP contribution in [0.3, 0.4) is 0 Å². The van der Waals surface area contributed by atoms with E-state index in [4.69, 9.17) is 29.2 Å². The average molecular weight is 490 g/mol. The summed E-state index contributed by atoms with van der Waals surface area (Å²) < 4.78 is 31.1. The van der Waals surface area contributed by atoms with Crippen molar-refractivity contribution in [3.63, 3.8) is 0 Å². The van der Waals surface area contributed by atoms with E-state index in [1.165, 1.54) is 0 Å². The number of ether oxygens (including phenoxy) is 5. The number of rotatable bonds is 12. The monoisotopic (exact) mass is 489 g/mol. The van der Waals surface area contributed by atoms with Gasteiger partial charge in [0.1, 0.15) is 18.3 Å². The Balaban J connectivity index is 1.60. The zero-order valence-corrected chi connectivity index (χ0v) is 20.3. The number of hydrogen-bond acceptors (Lipinski definition) is 6. The van der Waals surface area contributed by atoms with Crippen LogP contribution in [0.25, 0.3) is 10.4 Å². The minimum atomic E-state index is -0.732. The lowest BCUT2D eigenvalue weighted by Crippen LogP contribution is -2.61. The number of methoxy groups -OCH3 is 1. The minimum Gasteiger partial charge on any atom is -0.368 e. The van der Waals surface area contributed by atoms with Crippen LogP contribution in [-0.2, 0) is 43.5 Å². The van der Waals surface area contributed by atoms with E-state index in [2.05, 4.69) is 10.0 Å². The van der Waals surface area contributed by atoms with Crippen LogP contribution in [0.1, 0.15) is 16.7 Å². The number of hydrogen-bond donors (Lipinski definition) is 0. The Hall–Kier alpha value is -3.23. The number of benzene rings is 3. The van der Waals surface area contributed by atoms with E-state index in [1.807, 2.05) is 91.0 Å². The molecule has 8 heteroatoms. The van der Waals surface area contributed by atoms with Crippen molar-refractivity contribution >= 4 is 0 Å². The van der Waals surface area contributed by atoms with Crippen LogP contribution < -0.4 is 0 Å². The first kappa shape index (κ1) is 25.9. The van der Waals surface area contributed by atoms with Gasteiger partial charge in [0.2, 0.25) is 0 Å². The number of azide groups is 1. The van der Waals surface area contributed by atoms with Gasteiger partial charge in [-0.3, -0.25) is 0 Å². The molecule has 0 spiro atoms. The Morgan fingerprint density at radius 3 is 1.58 bits per heavy atom. The molecule has 1 saturated heterocycles. The van der Waals surface area contributed by atoms with Gasteiger partial charge in [0, 0.05) is 12.0 Å². The van der Waals surface area contributed by atoms with Gasteiger partial charge in [-0.15, -0.1) is 0 Å². The first-order chi connectivity index (χ1) is 17.8. The number of nitrogens with zero attached hydrogens (tertiary/aromatic N) is 3. The smallest absolute Gasteiger partial charge is 0.186 e. The molecular formula is C28H31N3O5. The highest BCUT2D eigenvalue weighted by molar-refractivity contribution is 5.15. The molecule has 36 heavy (non-hydrogen) atoms. The molecule has 0 aromatic heterocycles. The van der Waals surface area contributed by atoms with Gasteiger partial charge >= 0.3 is 0 Å². The molecule has 3 aromatic rings. The van der Waals surface area contributed by atoms with Gasteiger partial charge in [0.25, 0.3) is 0 Å². The van der Waals surface area contributed by atoms with Crippen molar-refractivity contribution in [3.05, 3.63) is 118 Å². The molecule has 1 heterocycles. The Kier molecular flexibility index (Phi) is 9.87. The summed E-state index contributed by atoms with van der Waals surface area (Å²) >= 11 is 0. The lowest BCUT2D eigenvalue weighted by atomic mass is 9.97. The second-order valence-electron chi connectivity index (χ2n) is 8.48. The molecule has 4 rings (SSSR count). The highest BCUT2D eigenvalue weighted by Gasteiger charge is 2.48. The molecule has 0 N–H and O–H groups in total. The van der Waals surface area contributed by atoms with Crippen molar-refractivity contribution in [1.29, 1.82) is 0 Å². The Morgan fingerprint density at radius 1 is 0.694 bits per heavy atom. The standard InChI is InChI=1S/C28H31N3O5/c1-32-28-27(35-20-23-15-9-4-10-16-23)26(34-19-22-13-7-3-8-14-22)25(24(36-28)17-30-31-29)33-18-21-11-5-2-6-12-21/h2-16,24-28H,17-20H2,1H3. The molecule has 0 bridgehead atoms. The van der Waals surface area contributed by atoms with Gasteiger partial charge in [-0.25, -0.2) is 0 Å². The molecule has 1 fully saturated rings. The fraction of sp³-hybridized carbons (Fsp3) is 0.357. The lowest BCUT2D eigenvalue weighted by Gasteiger charge is -2.45. The Labute approximate surface area is 211 Å². The highest BCUT2D eigenvalue weighted by atomic mass is 16.7. The Morgan fingerprint density at radius 2 is 1.14 bits per heavy atom. The maximum Gasteiger partial charge on any atom is 0.186 e. The third kappa shape index (κ3) is 7.15. The molecule has 5 atom stereocenters. The molecule has 0 aliphatic carbocycles. The van der Waals surface area contributed by atoms with Gasteiger partial charge in [-0.1, -0.05) is 96.1 Å². The van der Waals surface area contributed by atoms with Crippen LogP contribution in [0.5, 0.6) is 0 Å². The molecule has 8 nitrogen and oxygen atoms in total. The first-order valence-corrected chi connectivity index (χ1v) is 11.9. The summed E-state index contributed by atoms with van der Waals surface area (Å²) in [5, 5.41) is 3.76. The molecule has 0 radical (unpaired) electrons. The maximum absolute atomic E-state index is 8.97. The van der Waals surface area contributed by atoms with E-state index in [-0.39, 0.29) is 6.54 Å². The summed E-state index contributed by atoms with van der Waals surface area (Å²) in [5.74, 6) is 0. The van der Waals surface area contributed by atoms with Crippen molar-refractivity contribution in [3.8, 4) is 0 Å². The van der Waals surface area contributed by atoms with E-state index in [0.717, 1.165) is 16.7 Å². The van der Waals surface area contributed by atoms with E-state index >= 15 is 0 Å². The van der Waals surface area contributed by atoms with Crippen LogP contribution in [-0.4, -0.2) is 44.4 Å². The molecule has 0 saturated carbocycles. The minimum absolute atomic E-state index is 0.0758. The summed E-state index contributed by atoms with van der Waals surface area (Å²) in [7, 11) is 1.56. The van der Waals surface area contributed by atoms with Crippen LogP contribution in [0.2, 0.25) is 0 Å². The zero-order chi connectivity index (χ0) is 25.0. The third-order valence-electron chi connectivity index (χ3n) is 6.00. The van der Waals surface area contributed by atoms with E-state index in [0.29, 0.717) is 19.8 Å². The van der Waals surface area contributed by atoms with Gasteiger partial charge in [0.15, 0.2) is 6.29 Å². The fourth-order valence-corrected chi connectivity index (χ4v) is 4.20. The summed E-state index contributed by atoms with van der Waals surface area (Å²) in [4.78, 5) is 2.92. The molecular weight excluding hydrogens is 458 g/mol. The van der Waals surface area contributed by atoms with Crippen LogP contribution >= 0.6 is 0 Å². The van der Waals surface area contributed by atoms with Gasteiger partial charge < -0.3 is 23.7 Å². The third-order valence-corrected chi connectivity index (χ3v) is 6.00. The second kappa shape index (κ2) is 13.8. The van der Waals surface area contributed by atoms with Crippen LogP contribution in [0, 0.1) is 0 Å². The van der Waals surface area contributed by atoms with E-state index in [1.54, 1.807) is 7.11 Å². The fourth-order valence-electron chi connectivity index (χ4n) is 4.20. The molecule has 0 amide bonds. The van der Waals surface area contributed by atoms with Gasteiger partial charge in [-0.05, 0) is 22.2 Å². The quantitative estimate of drug-likeness (QED) is 0.192. The van der Waals surface area contributed by atoms with Crippen molar-refractivity contribution in [2.45, 2.75) is 50.5 Å². The first-order valence-electron chi connectivity index (χ1n) is 11.9. The van der Waals surface area contributed by atoms with E-state index < -0.39 is 30.7 Å². The van der Waals surface area contributed by atoms with E-state index in [9.17, 15) is 0 Å². The maximum atomic E-state index is 8.97. The molecule has 1 aliphatic heterocycles. The van der Waals surface area contributed by atoms with Gasteiger partial charge in [0.05, 0.1) is 32.5 Å². The van der Waals surface area contributed by atoms with Crippen LogP contribution in [0.15, 0.2) is 96.1 Å². The molecule has 3 aromatic carbocycles. The van der Waals surface area contributed by atoms with Gasteiger partial charge in [-0.2, -0.15) is 0 Å². The summed E-state index contributed by atoms with van der Waals surface area (Å²) in [6.07, 6.45) is -3.00. The average Bonchev–Trinajstić information content (AvgIpc) is 2.94. The SMILES string of the molecule is COC1OC(CN=[N+]=[N-])C(OCc2ccccc2)C(OCc2ccccc2)C1OCc1ccccc1. The van der Waals surface area contributed by atoms with Crippen molar-refractivity contribution in [2.24, 2.45) is 5.11 Å². The zero-order valence-electron chi connectivity index (χ0n) is 20.3. The second-order valence-corrected chi connectivity index (χ2v) is 8.48. The normalized spacial score (nSPS) is 23.6. The largest absolute Gasteiger partial charge is 0.368 e. The molecule has 1 aliphatic rings. The Bertz CT molecular complexity index is 1080. The summed E-state index contributed by atoms with van der Waals surface area (Å²) in [5.41, 5.74) is 12.0. The lowest BCUT2D eigenvalue weighted by molar-refractivity contribution is -0.315. The highest BCUT2D eigenvalue weighted by Crippen LogP contribution is 2.31. The topological polar surface area (TPSA) is 94.9 Å². The summed E-state index contributed by atoms with van der Waals surface area (Å²) in [6.45, 7) is 1.13.